The lowest BCUT2D eigenvalue weighted by Crippen LogP contribution is -1.82. The molecule has 1 heterocycles. The summed E-state index contributed by atoms with van der Waals surface area (Å²) in [6, 6.07) is 18.7. The van der Waals surface area contributed by atoms with E-state index in [0.717, 1.165) is 22.8 Å². The van der Waals surface area contributed by atoms with Gasteiger partial charge in [0.25, 0.3) is 0 Å². The Balaban J connectivity index is 1.88. The molecule has 0 bridgehead atoms. The van der Waals surface area contributed by atoms with Gasteiger partial charge in [0.05, 0.1) is 5.69 Å². The Kier molecular flexibility index (Phi) is 3.69. The van der Waals surface area contributed by atoms with Crippen molar-refractivity contribution in [3.63, 3.8) is 0 Å². The topological polar surface area (TPSA) is 28.7 Å². The van der Waals surface area contributed by atoms with E-state index in [0.29, 0.717) is 0 Å². The second-order valence-electron chi connectivity index (χ2n) is 5.17. The predicted octanol–water partition coefficient (Wildman–Crippen LogP) is 4.86. The zero-order chi connectivity index (χ0) is 14.7. The van der Waals surface area contributed by atoms with Crippen LogP contribution < -0.4 is 0 Å². The highest BCUT2D eigenvalue weighted by Gasteiger charge is 2.04. The molecule has 0 atom stereocenters. The second-order valence-corrected chi connectivity index (χ2v) is 5.17. The van der Waals surface area contributed by atoms with E-state index in [4.69, 9.17) is 0 Å². The van der Waals surface area contributed by atoms with E-state index in [1.807, 2.05) is 32.0 Å². The average Bonchev–Trinajstić information content (AvgIpc) is 2.86. The summed E-state index contributed by atoms with van der Waals surface area (Å²) < 4.78 is 0. The van der Waals surface area contributed by atoms with Crippen LogP contribution in [0.25, 0.3) is 23.5 Å². The maximum absolute atomic E-state index is 4.56. The van der Waals surface area contributed by atoms with Gasteiger partial charge in [-0.3, -0.25) is 0 Å². The molecular weight excluding hydrogens is 256 g/mol. The number of hydrogen-bond donors (Lipinski definition) is 1. The van der Waals surface area contributed by atoms with E-state index in [2.05, 4.69) is 58.5 Å². The van der Waals surface area contributed by atoms with Crippen molar-refractivity contribution in [1.29, 1.82) is 0 Å². The van der Waals surface area contributed by atoms with E-state index in [1.54, 1.807) is 0 Å². The van der Waals surface area contributed by atoms with Gasteiger partial charge in [-0.2, -0.15) is 0 Å². The fourth-order valence-corrected chi connectivity index (χ4v) is 2.23. The normalized spacial score (nSPS) is 11.1. The number of rotatable bonds is 3. The molecule has 3 rings (SSSR count). The largest absolute Gasteiger partial charge is 0.342 e. The van der Waals surface area contributed by atoms with Crippen molar-refractivity contribution in [2.45, 2.75) is 13.8 Å². The van der Waals surface area contributed by atoms with Crippen molar-refractivity contribution in [3.05, 3.63) is 77.1 Å². The van der Waals surface area contributed by atoms with Crippen molar-refractivity contribution in [2.75, 3.05) is 0 Å². The van der Waals surface area contributed by atoms with Gasteiger partial charge < -0.3 is 4.98 Å². The molecule has 2 aromatic carbocycles. The van der Waals surface area contributed by atoms with E-state index >= 15 is 0 Å². The Hall–Kier alpha value is -2.61. The SMILES string of the molecule is Cc1nc(-c2cccc(/C=C/c3ccccc3)c2)[nH]c1C. The quantitative estimate of drug-likeness (QED) is 0.679. The smallest absolute Gasteiger partial charge is 0.137 e. The number of benzene rings is 2. The number of hydrogen-bond acceptors (Lipinski definition) is 1. The maximum Gasteiger partial charge on any atom is 0.137 e. The van der Waals surface area contributed by atoms with Gasteiger partial charge in [0, 0.05) is 11.3 Å². The molecule has 0 radical (unpaired) electrons. The van der Waals surface area contributed by atoms with Crippen LogP contribution in [-0.4, -0.2) is 9.97 Å². The van der Waals surface area contributed by atoms with Gasteiger partial charge in [-0.05, 0) is 31.0 Å². The van der Waals surface area contributed by atoms with Crippen LogP contribution >= 0.6 is 0 Å². The molecule has 104 valence electrons. The molecule has 1 aromatic heterocycles. The highest BCUT2D eigenvalue weighted by Crippen LogP contribution is 2.20. The minimum Gasteiger partial charge on any atom is -0.342 e. The molecule has 0 unspecified atom stereocenters. The van der Waals surface area contributed by atoms with Gasteiger partial charge >= 0.3 is 0 Å². The summed E-state index contributed by atoms with van der Waals surface area (Å²) in [6.07, 6.45) is 4.25. The molecule has 1 N–H and O–H groups in total. The summed E-state index contributed by atoms with van der Waals surface area (Å²) in [5.74, 6) is 0.931. The van der Waals surface area contributed by atoms with Gasteiger partial charge in [-0.1, -0.05) is 60.7 Å². The summed E-state index contributed by atoms with van der Waals surface area (Å²) >= 11 is 0. The molecule has 0 saturated carbocycles. The Morgan fingerprint density at radius 3 is 2.29 bits per heavy atom. The fourth-order valence-electron chi connectivity index (χ4n) is 2.23. The monoisotopic (exact) mass is 274 g/mol. The summed E-state index contributed by atoms with van der Waals surface area (Å²) in [6.45, 7) is 4.07. The number of aromatic amines is 1. The summed E-state index contributed by atoms with van der Waals surface area (Å²) in [4.78, 5) is 7.89. The lowest BCUT2D eigenvalue weighted by molar-refractivity contribution is 1.22. The molecule has 3 aromatic rings. The van der Waals surface area contributed by atoms with Crippen molar-refractivity contribution in [1.82, 2.24) is 9.97 Å². The van der Waals surface area contributed by atoms with Crippen LogP contribution in [0.4, 0.5) is 0 Å². The third kappa shape index (κ3) is 3.11. The number of H-pyrrole nitrogens is 1. The van der Waals surface area contributed by atoms with Crippen molar-refractivity contribution in [3.8, 4) is 11.4 Å². The Morgan fingerprint density at radius 2 is 1.57 bits per heavy atom. The number of aryl methyl sites for hydroxylation is 2. The van der Waals surface area contributed by atoms with Crippen LogP contribution in [0.1, 0.15) is 22.5 Å². The Labute approximate surface area is 125 Å². The van der Waals surface area contributed by atoms with Gasteiger partial charge in [0.2, 0.25) is 0 Å². The van der Waals surface area contributed by atoms with Gasteiger partial charge in [-0.25, -0.2) is 4.98 Å². The number of nitrogens with one attached hydrogen (secondary N) is 1. The molecule has 0 aliphatic carbocycles. The number of imidazole rings is 1. The minimum atomic E-state index is 0.931. The third-order valence-electron chi connectivity index (χ3n) is 3.56. The Bertz CT molecular complexity index is 748. The molecular formula is C19H18N2. The number of nitrogens with zero attached hydrogens (tertiary/aromatic N) is 1. The van der Waals surface area contributed by atoms with Crippen LogP contribution in [0.15, 0.2) is 54.6 Å². The van der Waals surface area contributed by atoms with Crippen molar-refractivity contribution < 1.29 is 0 Å². The lowest BCUT2D eigenvalue weighted by Gasteiger charge is -1.99. The highest BCUT2D eigenvalue weighted by atomic mass is 14.9. The van der Waals surface area contributed by atoms with Gasteiger partial charge in [0.15, 0.2) is 0 Å². The first-order chi connectivity index (χ1) is 10.2. The van der Waals surface area contributed by atoms with Crippen LogP contribution in [-0.2, 0) is 0 Å². The Morgan fingerprint density at radius 1 is 0.857 bits per heavy atom. The van der Waals surface area contributed by atoms with E-state index < -0.39 is 0 Å². The van der Waals surface area contributed by atoms with Crippen molar-refractivity contribution >= 4 is 12.2 Å². The molecule has 0 fully saturated rings. The molecule has 0 spiro atoms. The lowest BCUT2D eigenvalue weighted by atomic mass is 10.1. The molecule has 0 saturated heterocycles. The van der Waals surface area contributed by atoms with Crippen LogP contribution in [0.5, 0.6) is 0 Å². The first-order valence-electron chi connectivity index (χ1n) is 7.09. The molecule has 2 heteroatoms. The van der Waals surface area contributed by atoms with Gasteiger partial charge in [0.1, 0.15) is 5.82 Å². The summed E-state index contributed by atoms with van der Waals surface area (Å²) in [5.41, 5.74) is 5.66. The van der Waals surface area contributed by atoms with Crippen LogP contribution in [0.3, 0.4) is 0 Å². The first kappa shape index (κ1) is 13.4. The second kappa shape index (κ2) is 5.80. The minimum absolute atomic E-state index is 0.931. The van der Waals surface area contributed by atoms with Crippen molar-refractivity contribution in [2.24, 2.45) is 0 Å². The number of aromatic nitrogens is 2. The fraction of sp³-hybridized carbons (Fsp3) is 0.105. The van der Waals surface area contributed by atoms with E-state index in [-0.39, 0.29) is 0 Å². The van der Waals surface area contributed by atoms with E-state index in [1.165, 1.54) is 11.1 Å². The zero-order valence-electron chi connectivity index (χ0n) is 12.3. The predicted molar refractivity (Wildman–Crippen MR) is 88.9 cm³/mol. The summed E-state index contributed by atoms with van der Waals surface area (Å²) in [5, 5.41) is 0. The molecule has 21 heavy (non-hydrogen) atoms. The molecule has 0 amide bonds. The third-order valence-corrected chi connectivity index (χ3v) is 3.56. The van der Waals surface area contributed by atoms with E-state index in [9.17, 15) is 0 Å². The standard InChI is InChI=1S/C19H18N2/c1-14-15(2)21-19(20-14)18-10-6-9-17(13-18)12-11-16-7-4-3-5-8-16/h3-13H,1-2H3,(H,20,21)/b12-11+. The van der Waals surface area contributed by atoms with Crippen LogP contribution in [0, 0.1) is 13.8 Å². The molecule has 0 aliphatic heterocycles. The average molecular weight is 274 g/mol. The highest BCUT2D eigenvalue weighted by molar-refractivity contribution is 5.72. The maximum atomic E-state index is 4.56. The van der Waals surface area contributed by atoms with Crippen LogP contribution in [0.2, 0.25) is 0 Å². The zero-order valence-corrected chi connectivity index (χ0v) is 12.3. The first-order valence-corrected chi connectivity index (χ1v) is 7.09. The molecule has 2 nitrogen and oxygen atoms in total. The summed E-state index contributed by atoms with van der Waals surface area (Å²) in [7, 11) is 0. The molecule has 0 aliphatic rings. The van der Waals surface area contributed by atoms with Gasteiger partial charge in [-0.15, -0.1) is 0 Å².